The fourth-order valence-corrected chi connectivity index (χ4v) is 2.22. The number of hydrogen-bond donors (Lipinski definition) is 0. The van der Waals surface area contributed by atoms with E-state index in [2.05, 4.69) is 15.0 Å². The Balaban J connectivity index is 1.72. The first-order valence-electron chi connectivity index (χ1n) is 6.02. The topological polar surface area (TPSA) is 65.0 Å². The second-order valence-corrected chi connectivity index (χ2v) is 4.78. The van der Waals surface area contributed by atoms with Crippen molar-refractivity contribution in [1.82, 2.24) is 15.0 Å². The fourth-order valence-electron chi connectivity index (χ4n) is 2.06. The van der Waals surface area contributed by atoms with E-state index in [1.807, 2.05) is 0 Å². The quantitative estimate of drug-likeness (QED) is 0.563. The first kappa shape index (κ1) is 11.4. The van der Waals surface area contributed by atoms with Gasteiger partial charge in [0.2, 0.25) is 11.8 Å². The summed E-state index contributed by atoms with van der Waals surface area (Å²) >= 11 is 5.92. The molecule has 0 aliphatic heterocycles. The molecular weight excluding hydrogens is 278 g/mol. The Labute approximate surface area is 118 Å². The third-order valence-corrected chi connectivity index (χ3v) is 3.17. The van der Waals surface area contributed by atoms with Gasteiger partial charge >= 0.3 is 0 Å². The lowest BCUT2D eigenvalue weighted by Crippen LogP contribution is -1.87. The van der Waals surface area contributed by atoms with E-state index in [0.717, 1.165) is 11.0 Å². The molecule has 0 fully saturated rings. The SMILES string of the molecule is Clc1ccc2oc(Cc3nc4cnccc4o3)nc2c1. The molecule has 0 bridgehead atoms. The Bertz CT molecular complexity index is 880. The number of rotatable bonds is 2. The molecule has 5 nitrogen and oxygen atoms in total. The summed E-state index contributed by atoms with van der Waals surface area (Å²) in [5.41, 5.74) is 2.85. The molecular formula is C14H8ClN3O2. The summed E-state index contributed by atoms with van der Waals surface area (Å²) in [6.07, 6.45) is 3.72. The van der Waals surface area contributed by atoms with Gasteiger partial charge in [-0.15, -0.1) is 0 Å². The summed E-state index contributed by atoms with van der Waals surface area (Å²) in [4.78, 5) is 12.7. The number of nitrogens with zero attached hydrogens (tertiary/aromatic N) is 3. The maximum Gasteiger partial charge on any atom is 0.204 e. The van der Waals surface area contributed by atoms with Crippen molar-refractivity contribution in [3.63, 3.8) is 0 Å². The van der Waals surface area contributed by atoms with Gasteiger partial charge in [0.25, 0.3) is 0 Å². The molecule has 0 N–H and O–H groups in total. The van der Waals surface area contributed by atoms with E-state index >= 15 is 0 Å². The lowest BCUT2D eigenvalue weighted by molar-refractivity contribution is 0.488. The number of aromatic nitrogens is 3. The Morgan fingerprint density at radius 3 is 2.50 bits per heavy atom. The zero-order chi connectivity index (χ0) is 13.5. The minimum atomic E-state index is 0.390. The van der Waals surface area contributed by atoms with Crippen molar-refractivity contribution in [3.8, 4) is 0 Å². The van der Waals surface area contributed by atoms with Crippen LogP contribution >= 0.6 is 11.6 Å². The first-order valence-corrected chi connectivity index (χ1v) is 6.40. The summed E-state index contributed by atoms with van der Waals surface area (Å²) < 4.78 is 11.3. The molecule has 0 aliphatic carbocycles. The molecule has 0 unspecified atom stereocenters. The Morgan fingerprint density at radius 2 is 1.70 bits per heavy atom. The van der Waals surface area contributed by atoms with Crippen LogP contribution in [0.4, 0.5) is 0 Å². The van der Waals surface area contributed by atoms with Gasteiger partial charge in [-0.3, -0.25) is 4.98 Å². The van der Waals surface area contributed by atoms with Crippen LogP contribution in [0.5, 0.6) is 0 Å². The van der Waals surface area contributed by atoms with E-state index in [4.69, 9.17) is 20.4 Å². The van der Waals surface area contributed by atoms with Crippen molar-refractivity contribution in [2.75, 3.05) is 0 Å². The van der Waals surface area contributed by atoms with Crippen LogP contribution in [0.25, 0.3) is 22.2 Å². The maximum atomic E-state index is 5.92. The molecule has 0 amide bonds. The molecule has 3 aromatic heterocycles. The average molecular weight is 286 g/mol. The Kier molecular flexibility index (Phi) is 2.47. The summed E-state index contributed by atoms with van der Waals surface area (Å²) in [5, 5.41) is 0.630. The van der Waals surface area contributed by atoms with Gasteiger partial charge in [-0.25, -0.2) is 9.97 Å². The normalized spacial score (nSPS) is 11.4. The number of fused-ring (bicyclic) bond motifs is 2. The van der Waals surface area contributed by atoms with E-state index in [9.17, 15) is 0 Å². The van der Waals surface area contributed by atoms with Crippen LogP contribution < -0.4 is 0 Å². The van der Waals surface area contributed by atoms with Crippen LogP contribution in [0.1, 0.15) is 11.8 Å². The molecule has 20 heavy (non-hydrogen) atoms. The van der Waals surface area contributed by atoms with Crippen LogP contribution in [-0.2, 0) is 6.42 Å². The minimum Gasteiger partial charge on any atom is -0.440 e. The largest absolute Gasteiger partial charge is 0.440 e. The molecule has 4 aromatic rings. The predicted octanol–water partition coefficient (Wildman–Crippen LogP) is 3.61. The summed E-state index contributed by atoms with van der Waals surface area (Å²) in [6.45, 7) is 0. The molecule has 6 heteroatoms. The molecule has 98 valence electrons. The molecule has 1 aromatic carbocycles. The molecule has 4 rings (SSSR count). The third-order valence-electron chi connectivity index (χ3n) is 2.93. The van der Waals surface area contributed by atoms with Crippen molar-refractivity contribution < 1.29 is 8.83 Å². The Hall–Kier alpha value is -2.40. The number of oxazole rings is 2. The summed E-state index contributed by atoms with van der Waals surface area (Å²) in [7, 11) is 0. The molecule has 0 saturated heterocycles. The van der Waals surface area contributed by atoms with Gasteiger partial charge in [-0.2, -0.15) is 0 Å². The maximum absolute atomic E-state index is 5.92. The predicted molar refractivity (Wildman–Crippen MR) is 73.6 cm³/mol. The number of hydrogen-bond acceptors (Lipinski definition) is 5. The van der Waals surface area contributed by atoms with E-state index in [0.29, 0.717) is 34.4 Å². The molecule has 0 aliphatic rings. The van der Waals surface area contributed by atoms with Gasteiger partial charge in [0.05, 0.1) is 6.20 Å². The number of pyridine rings is 1. The highest BCUT2D eigenvalue weighted by Crippen LogP contribution is 2.22. The monoisotopic (exact) mass is 285 g/mol. The van der Waals surface area contributed by atoms with Crippen molar-refractivity contribution >= 4 is 33.8 Å². The lowest BCUT2D eigenvalue weighted by atomic mass is 10.3. The third kappa shape index (κ3) is 1.92. The van der Waals surface area contributed by atoms with Crippen molar-refractivity contribution in [1.29, 1.82) is 0 Å². The number of benzene rings is 1. The smallest absolute Gasteiger partial charge is 0.204 e. The van der Waals surface area contributed by atoms with E-state index in [1.54, 1.807) is 36.7 Å². The van der Waals surface area contributed by atoms with E-state index in [-0.39, 0.29) is 0 Å². The van der Waals surface area contributed by atoms with Crippen molar-refractivity contribution in [3.05, 3.63) is 53.5 Å². The van der Waals surface area contributed by atoms with E-state index < -0.39 is 0 Å². The minimum absolute atomic E-state index is 0.390. The standard InChI is InChI=1S/C14H8ClN3O2/c15-8-1-2-11-9(5-8)17-13(19-11)6-14-18-10-7-16-4-3-12(10)20-14/h1-5,7H,6H2. The highest BCUT2D eigenvalue weighted by molar-refractivity contribution is 6.31. The van der Waals surface area contributed by atoms with Crippen LogP contribution in [0.2, 0.25) is 5.02 Å². The van der Waals surface area contributed by atoms with Gasteiger partial charge in [-0.05, 0) is 18.2 Å². The van der Waals surface area contributed by atoms with Gasteiger partial charge in [-0.1, -0.05) is 11.6 Å². The molecule has 0 radical (unpaired) electrons. The second-order valence-electron chi connectivity index (χ2n) is 4.35. The highest BCUT2D eigenvalue weighted by Gasteiger charge is 2.11. The van der Waals surface area contributed by atoms with Crippen LogP contribution in [0.3, 0.4) is 0 Å². The van der Waals surface area contributed by atoms with Crippen LogP contribution in [-0.4, -0.2) is 15.0 Å². The van der Waals surface area contributed by atoms with Crippen molar-refractivity contribution in [2.45, 2.75) is 6.42 Å². The van der Waals surface area contributed by atoms with Gasteiger partial charge < -0.3 is 8.83 Å². The summed E-state index contributed by atoms with van der Waals surface area (Å²) in [6, 6.07) is 7.10. The summed E-state index contributed by atoms with van der Waals surface area (Å²) in [5.74, 6) is 1.09. The van der Waals surface area contributed by atoms with Gasteiger partial charge in [0.1, 0.15) is 17.5 Å². The van der Waals surface area contributed by atoms with Crippen molar-refractivity contribution in [2.24, 2.45) is 0 Å². The number of halogens is 1. The zero-order valence-electron chi connectivity index (χ0n) is 10.2. The zero-order valence-corrected chi connectivity index (χ0v) is 11.0. The highest BCUT2D eigenvalue weighted by atomic mass is 35.5. The molecule has 0 atom stereocenters. The fraction of sp³-hybridized carbons (Fsp3) is 0.0714. The van der Waals surface area contributed by atoms with Crippen LogP contribution in [0, 0.1) is 0 Å². The second kappa shape index (κ2) is 4.31. The average Bonchev–Trinajstić information content (AvgIpc) is 3.00. The molecule has 0 spiro atoms. The molecule has 3 heterocycles. The van der Waals surface area contributed by atoms with Crippen LogP contribution in [0.15, 0.2) is 45.5 Å². The first-order chi connectivity index (χ1) is 9.78. The van der Waals surface area contributed by atoms with Gasteiger partial charge in [0.15, 0.2) is 11.2 Å². The Morgan fingerprint density at radius 1 is 0.950 bits per heavy atom. The lowest BCUT2D eigenvalue weighted by Gasteiger charge is -1.87. The van der Waals surface area contributed by atoms with Gasteiger partial charge in [0, 0.05) is 17.3 Å². The van der Waals surface area contributed by atoms with E-state index in [1.165, 1.54) is 0 Å². The molecule has 0 saturated carbocycles.